The second-order valence-electron chi connectivity index (χ2n) is 3.99. The highest BCUT2D eigenvalue weighted by Crippen LogP contribution is 2.18. The molecule has 2 N–H and O–H groups in total. The van der Waals surface area contributed by atoms with Crippen molar-refractivity contribution in [1.82, 2.24) is 4.31 Å². The average Bonchev–Trinajstić information content (AvgIpc) is 2.28. The Hall–Kier alpha value is -0.170. The summed E-state index contributed by atoms with van der Waals surface area (Å²) < 4.78 is 30.7. The Kier molecular flexibility index (Phi) is 4.51. The maximum absolute atomic E-state index is 12.1. The number of likely N-dealkylation sites (N-methyl/N-ethyl adjacent to an activating group) is 1. The van der Waals surface area contributed by atoms with E-state index in [2.05, 4.69) is 0 Å². The average molecular weight is 236 g/mol. The van der Waals surface area contributed by atoms with Gasteiger partial charge in [0.25, 0.3) is 0 Å². The van der Waals surface area contributed by atoms with E-state index in [0.717, 1.165) is 6.42 Å². The van der Waals surface area contributed by atoms with Crippen molar-refractivity contribution in [1.29, 1.82) is 0 Å². The zero-order valence-corrected chi connectivity index (χ0v) is 10.2. The van der Waals surface area contributed by atoms with Crippen LogP contribution in [-0.4, -0.2) is 50.8 Å². The Morgan fingerprint density at radius 3 is 2.73 bits per heavy atom. The van der Waals surface area contributed by atoms with Gasteiger partial charge in [0.15, 0.2) is 0 Å². The number of ether oxygens (including phenoxy) is 1. The van der Waals surface area contributed by atoms with Gasteiger partial charge in [0.05, 0.1) is 11.9 Å². The lowest BCUT2D eigenvalue weighted by molar-refractivity contribution is 0.0974. The third-order valence-electron chi connectivity index (χ3n) is 2.90. The van der Waals surface area contributed by atoms with Crippen LogP contribution in [0.4, 0.5) is 0 Å². The molecule has 0 aromatic heterocycles. The summed E-state index contributed by atoms with van der Waals surface area (Å²) in [7, 11) is -1.66. The van der Waals surface area contributed by atoms with Crippen LogP contribution in [0.2, 0.25) is 0 Å². The van der Waals surface area contributed by atoms with Gasteiger partial charge < -0.3 is 10.5 Å². The van der Waals surface area contributed by atoms with Crippen molar-refractivity contribution in [3.05, 3.63) is 0 Å². The van der Waals surface area contributed by atoms with Crippen LogP contribution in [-0.2, 0) is 14.8 Å². The molecular weight excluding hydrogens is 216 g/mol. The van der Waals surface area contributed by atoms with Gasteiger partial charge >= 0.3 is 0 Å². The molecule has 15 heavy (non-hydrogen) atoms. The lowest BCUT2D eigenvalue weighted by Gasteiger charge is -2.30. The van der Waals surface area contributed by atoms with E-state index < -0.39 is 15.3 Å². The molecule has 0 amide bonds. The highest BCUT2D eigenvalue weighted by molar-refractivity contribution is 7.89. The van der Waals surface area contributed by atoms with Crippen LogP contribution in [0, 0.1) is 0 Å². The summed E-state index contributed by atoms with van der Waals surface area (Å²) in [6, 6.07) is -0.156. The third-order valence-corrected chi connectivity index (χ3v) is 5.28. The van der Waals surface area contributed by atoms with E-state index in [-0.39, 0.29) is 6.04 Å². The van der Waals surface area contributed by atoms with Crippen molar-refractivity contribution in [3.8, 4) is 0 Å². The maximum atomic E-state index is 12.1. The lowest BCUT2D eigenvalue weighted by Crippen LogP contribution is -2.46. The lowest BCUT2D eigenvalue weighted by atomic mass is 10.2. The molecule has 1 saturated heterocycles. The van der Waals surface area contributed by atoms with E-state index in [9.17, 15) is 8.42 Å². The van der Waals surface area contributed by atoms with Crippen LogP contribution < -0.4 is 5.73 Å². The van der Waals surface area contributed by atoms with Crippen molar-refractivity contribution < 1.29 is 13.2 Å². The first-order chi connectivity index (χ1) is 7.00. The molecule has 2 unspecified atom stereocenters. The SMILES string of the molecule is CC(CN)N(C)S(=O)(=O)C1CCCOC1. The van der Waals surface area contributed by atoms with Gasteiger partial charge in [-0.3, -0.25) is 0 Å². The standard InChI is InChI=1S/C9H20N2O3S/c1-8(6-10)11(2)15(12,13)9-4-3-5-14-7-9/h8-9H,3-7,10H2,1-2H3. The molecule has 1 rings (SSSR count). The van der Waals surface area contributed by atoms with Gasteiger partial charge in [-0.1, -0.05) is 0 Å². The fourth-order valence-electron chi connectivity index (χ4n) is 1.58. The molecule has 0 bridgehead atoms. The number of rotatable bonds is 4. The summed E-state index contributed by atoms with van der Waals surface area (Å²) >= 11 is 0. The van der Waals surface area contributed by atoms with Crippen molar-refractivity contribution in [2.75, 3.05) is 26.8 Å². The Bertz CT molecular complexity index is 278. The molecule has 1 heterocycles. The Labute approximate surface area is 91.6 Å². The molecule has 90 valence electrons. The van der Waals surface area contributed by atoms with E-state index in [4.69, 9.17) is 10.5 Å². The number of sulfonamides is 1. The second kappa shape index (κ2) is 5.25. The Morgan fingerprint density at radius 1 is 1.60 bits per heavy atom. The predicted octanol–water partition coefficient (Wildman–Crippen LogP) is -0.226. The zero-order valence-electron chi connectivity index (χ0n) is 9.35. The number of nitrogens with zero attached hydrogens (tertiary/aromatic N) is 1. The normalized spacial score (nSPS) is 25.5. The number of nitrogens with two attached hydrogens (primary N) is 1. The van der Waals surface area contributed by atoms with E-state index >= 15 is 0 Å². The van der Waals surface area contributed by atoms with Crippen LogP contribution in [0.3, 0.4) is 0 Å². The van der Waals surface area contributed by atoms with Crippen molar-refractivity contribution in [2.24, 2.45) is 5.73 Å². The smallest absolute Gasteiger partial charge is 0.219 e. The molecule has 1 aliphatic rings. The van der Waals surface area contributed by atoms with Crippen LogP contribution in [0.25, 0.3) is 0 Å². The number of hydrogen-bond donors (Lipinski definition) is 1. The molecule has 2 atom stereocenters. The maximum Gasteiger partial charge on any atom is 0.219 e. The Morgan fingerprint density at radius 2 is 2.27 bits per heavy atom. The quantitative estimate of drug-likeness (QED) is 0.732. The summed E-state index contributed by atoms with van der Waals surface area (Å²) in [6.07, 6.45) is 1.50. The molecule has 0 radical (unpaired) electrons. The van der Waals surface area contributed by atoms with Crippen molar-refractivity contribution in [3.63, 3.8) is 0 Å². The molecule has 0 saturated carbocycles. The topological polar surface area (TPSA) is 72.6 Å². The first-order valence-corrected chi connectivity index (χ1v) is 6.75. The third kappa shape index (κ3) is 2.90. The van der Waals surface area contributed by atoms with Crippen LogP contribution in [0.1, 0.15) is 19.8 Å². The summed E-state index contributed by atoms with van der Waals surface area (Å²) in [4.78, 5) is 0. The Balaban J connectivity index is 2.72. The molecule has 0 aromatic carbocycles. The van der Waals surface area contributed by atoms with Crippen molar-refractivity contribution >= 4 is 10.0 Å². The monoisotopic (exact) mass is 236 g/mol. The summed E-state index contributed by atoms with van der Waals surface area (Å²) in [6.45, 7) is 3.12. The summed E-state index contributed by atoms with van der Waals surface area (Å²) in [5.41, 5.74) is 5.46. The van der Waals surface area contributed by atoms with Gasteiger partial charge in [0, 0.05) is 26.2 Å². The molecule has 0 spiro atoms. The zero-order chi connectivity index (χ0) is 11.5. The molecule has 1 fully saturated rings. The van der Waals surface area contributed by atoms with Gasteiger partial charge in [0.2, 0.25) is 10.0 Å². The fraction of sp³-hybridized carbons (Fsp3) is 1.00. The fourth-order valence-corrected chi connectivity index (χ4v) is 3.37. The van der Waals surface area contributed by atoms with Gasteiger partial charge in [-0.25, -0.2) is 12.7 Å². The van der Waals surface area contributed by atoms with Crippen molar-refractivity contribution in [2.45, 2.75) is 31.1 Å². The summed E-state index contributed by atoms with van der Waals surface area (Å²) in [5.74, 6) is 0. The van der Waals surface area contributed by atoms with Gasteiger partial charge in [-0.05, 0) is 19.8 Å². The number of hydrogen-bond acceptors (Lipinski definition) is 4. The summed E-state index contributed by atoms with van der Waals surface area (Å²) in [5, 5.41) is -0.398. The molecular formula is C9H20N2O3S. The minimum absolute atomic E-state index is 0.156. The molecule has 1 aliphatic heterocycles. The molecule has 0 aromatic rings. The minimum Gasteiger partial charge on any atom is -0.380 e. The van der Waals surface area contributed by atoms with Crippen LogP contribution >= 0.6 is 0 Å². The van der Waals surface area contributed by atoms with Gasteiger partial charge in [0.1, 0.15) is 0 Å². The van der Waals surface area contributed by atoms with Gasteiger partial charge in [-0.15, -0.1) is 0 Å². The van der Waals surface area contributed by atoms with E-state index in [1.165, 1.54) is 4.31 Å². The first-order valence-electron chi connectivity index (χ1n) is 5.24. The second-order valence-corrected chi connectivity index (χ2v) is 6.26. The first kappa shape index (κ1) is 12.9. The highest BCUT2D eigenvalue weighted by Gasteiger charge is 2.33. The molecule has 0 aliphatic carbocycles. The van der Waals surface area contributed by atoms with Gasteiger partial charge in [-0.2, -0.15) is 0 Å². The largest absolute Gasteiger partial charge is 0.380 e. The molecule has 5 nitrogen and oxygen atoms in total. The minimum atomic E-state index is -3.25. The van der Waals surface area contributed by atoms with Crippen LogP contribution in [0.5, 0.6) is 0 Å². The molecule has 6 heteroatoms. The van der Waals surface area contributed by atoms with Crippen LogP contribution in [0.15, 0.2) is 0 Å². The van der Waals surface area contributed by atoms with E-state index in [1.54, 1.807) is 14.0 Å². The predicted molar refractivity (Wildman–Crippen MR) is 59.0 cm³/mol. The van der Waals surface area contributed by atoms with E-state index in [0.29, 0.717) is 26.2 Å². The highest BCUT2D eigenvalue weighted by atomic mass is 32.2. The van der Waals surface area contributed by atoms with E-state index in [1.807, 2.05) is 0 Å².